The van der Waals surface area contributed by atoms with E-state index >= 15 is 0 Å². The third-order valence-electron chi connectivity index (χ3n) is 7.10. The van der Waals surface area contributed by atoms with Crippen molar-refractivity contribution in [3.05, 3.63) is 146 Å². The average molecular weight is 970 g/mol. The van der Waals surface area contributed by atoms with Crippen molar-refractivity contribution in [3.63, 3.8) is 0 Å². The summed E-state index contributed by atoms with van der Waals surface area (Å²) in [6.07, 6.45) is 7.15. The molecule has 0 spiro atoms. The van der Waals surface area contributed by atoms with Crippen LogP contribution < -0.4 is 0 Å². The Morgan fingerprint density at radius 2 is 0.608 bits per heavy atom. The summed E-state index contributed by atoms with van der Waals surface area (Å²) in [7, 11) is 29.7. The van der Waals surface area contributed by atoms with Gasteiger partial charge in [0.15, 0.2) is 0 Å². The van der Waals surface area contributed by atoms with E-state index in [9.17, 15) is 0 Å². The topological polar surface area (TPSA) is 77.3 Å². The van der Waals surface area contributed by atoms with Gasteiger partial charge in [0.25, 0.3) is 0 Å². The first kappa shape index (κ1) is 39.3. The van der Waals surface area contributed by atoms with E-state index in [-0.39, 0.29) is 0 Å². The van der Waals surface area contributed by atoms with Crippen LogP contribution in [0.25, 0.3) is 67.8 Å². The molecule has 0 saturated carbocycles. The van der Waals surface area contributed by atoms with Crippen LogP contribution in [0.15, 0.2) is 140 Å². The second-order valence-corrected chi connectivity index (χ2v) is 26.3. The number of rotatable bonds is 6. The van der Waals surface area contributed by atoms with Gasteiger partial charge in [-0.2, -0.15) is 0 Å². The normalized spacial score (nSPS) is 11.0. The molecule has 0 bridgehead atoms. The summed E-state index contributed by atoms with van der Waals surface area (Å²) < 4.78 is 0. The van der Waals surface area contributed by atoms with E-state index in [1.54, 1.807) is 24.8 Å². The molecule has 0 aliphatic heterocycles. The molecule has 0 radical (unpaired) electrons. The molecule has 262 valence electrons. The second kappa shape index (κ2) is 19.8. The first-order valence-corrected chi connectivity index (χ1v) is 28.2. The van der Waals surface area contributed by atoms with Gasteiger partial charge < -0.3 is 0 Å². The third kappa shape index (κ3) is 12.1. The molecule has 0 unspecified atom stereocenters. The Labute approximate surface area is 331 Å². The molecule has 14 heteroatoms. The molecular formula is C37H26Cl6N6Ru2. The number of pyridine rings is 6. The van der Waals surface area contributed by atoms with Gasteiger partial charge in [-0.1, -0.05) is 36.4 Å². The van der Waals surface area contributed by atoms with E-state index in [2.05, 4.69) is 69.3 Å². The molecule has 0 N–H and O–H groups in total. The van der Waals surface area contributed by atoms with Crippen LogP contribution >= 0.6 is 58.1 Å². The van der Waals surface area contributed by atoms with Crippen LogP contribution in [0.5, 0.6) is 0 Å². The van der Waals surface area contributed by atoms with Crippen molar-refractivity contribution in [2.45, 2.75) is 6.92 Å². The molecule has 0 aliphatic carbocycles. The van der Waals surface area contributed by atoms with Gasteiger partial charge in [0.05, 0.1) is 45.6 Å². The third-order valence-corrected chi connectivity index (χ3v) is 7.10. The number of aromatic nitrogens is 6. The molecule has 6 nitrogen and oxygen atoms in total. The molecule has 51 heavy (non-hydrogen) atoms. The number of halogens is 6. The van der Waals surface area contributed by atoms with Crippen molar-refractivity contribution >= 4 is 58.1 Å². The summed E-state index contributed by atoms with van der Waals surface area (Å²) in [4.78, 5) is 28.2. The number of nitrogens with zero attached hydrogens (tertiary/aromatic N) is 6. The maximum atomic E-state index is 4.95. The SMILES string of the molecule is Cc1cc(-c2cc(-c3ccccn3)nc(-c3ccccn3)c2)cc(-c2cc(-c3ccccn3)nc(-c3ccccn3)c2)c1.[Cl][Ru]([Cl])[Cl].[Cl][Ru]([Cl])[Cl]. The molecule has 7 aromatic rings. The first-order valence-electron chi connectivity index (χ1n) is 14.8. The zero-order chi connectivity index (χ0) is 36.2. The average Bonchev–Trinajstić information content (AvgIpc) is 3.15. The van der Waals surface area contributed by atoms with E-state index < -0.39 is 26.0 Å². The van der Waals surface area contributed by atoms with Gasteiger partial charge in [0.1, 0.15) is 0 Å². The molecule has 7 rings (SSSR count). The molecule has 0 saturated heterocycles. The van der Waals surface area contributed by atoms with E-state index in [4.69, 9.17) is 68.1 Å². The van der Waals surface area contributed by atoms with E-state index in [1.165, 1.54) is 0 Å². The molecule has 6 aromatic heterocycles. The zero-order valence-electron chi connectivity index (χ0n) is 26.4. The Kier molecular flexibility index (Phi) is 15.3. The van der Waals surface area contributed by atoms with E-state index in [0.717, 1.165) is 73.4 Å². The monoisotopic (exact) mass is 968 g/mol. The number of hydrogen-bond donors (Lipinski definition) is 0. The fourth-order valence-corrected chi connectivity index (χ4v) is 5.09. The Balaban J connectivity index is 0.000000573. The summed E-state index contributed by atoms with van der Waals surface area (Å²) in [5, 5.41) is 0. The predicted octanol–water partition coefficient (Wildman–Crippen LogP) is 12.5. The predicted molar refractivity (Wildman–Crippen MR) is 206 cm³/mol. The Bertz CT molecular complexity index is 1880. The van der Waals surface area contributed by atoms with Crippen LogP contribution in [0, 0.1) is 6.92 Å². The fraction of sp³-hybridized carbons (Fsp3) is 0.0270. The van der Waals surface area contributed by atoms with Gasteiger partial charge in [0.2, 0.25) is 0 Å². The van der Waals surface area contributed by atoms with Crippen molar-refractivity contribution in [2.24, 2.45) is 0 Å². The quantitative estimate of drug-likeness (QED) is 0.155. The van der Waals surface area contributed by atoms with Gasteiger partial charge in [-0.05, 0) is 114 Å². The van der Waals surface area contributed by atoms with Gasteiger partial charge in [-0.15, -0.1) is 0 Å². The van der Waals surface area contributed by atoms with Gasteiger partial charge in [-0.3, -0.25) is 19.9 Å². The molecule has 0 amide bonds. The molecule has 6 heterocycles. The summed E-state index contributed by atoms with van der Waals surface area (Å²) in [6, 6.07) is 38.4. The summed E-state index contributed by atoms with van der Waals surface area (Å²) >= 11 is -3.51. The molecule has 1 aromatic carbocycles. The molecule has 0 aliphatic rings. The molecule has 0 atom stereocenters. The van der Waals surface area contributed by atoms with Crippen LogP contribution in [0.4, 0.5) is 0 Å². The minimum absolute atomic E-state index is 0.792. The van der Waals surface area contributed by atoms with Crippen LogP contribution in [-0.2, 0) is 26.0 Å². The standard InChI is InChI=1S/C37H26N6.6ClH.2Ru/c1-25-18-26(28-21-34(30-10-2-6-14-38-30)42-35(22-28)31-11-3-7-15-39-31)20-27(19-25)29-23-36(32-12-4-8-16-40-32)43-37(24-29)33-13-5-9-17-41-33;;;;;;;;/h2-24H,1H3;6*1H;;/q;;;;;;;2*+3/p-6. The molecule has 0 fully saturated rings. The summed E-state index contributed by atoms with van der Waals surface area (Å²) in [5.74, 6) is 0. The van der Waals surface area contributed by atoms with E-state index in [1.807, 2.05) is 72.8 Å². The number of hydrogen-bond acceptors (Lipinski definition) is 6. The van der Waals surface area contributed by atoms with Gasteiger partial charge in [0, 0.05) is 24.8 Å². The van der Waals surface area contributed by atoms with Crippen molar-refractivity contribution in [3.8, 4) is 67.8 Å². The second-order valence-electron chi connectivity index (χ2n) is 10.5. The van der Waals surface area contributed by atoms with Crippen LogP contribution in [-0.4, -0.2) is 29.9 Å². The number of aryl methyl sites for hydroxylation is 1. The van der Waals surface area contributed by atoms with Crippen molar-refractivity contribution in [1.29, 1.82) is 0 Å². The fourth-order valence-electron chi connectivity index (χ4n) is 5.09. The first-order chi connectivity index (χ1) is 24.7. The maximum absolute atomic E-state index is 4.95. The van der Waals surface area contributed by atoms with Crippen molar-refractivity contribution in [2.75, 3.05) is 0 Å². The molecular weight excluding hydrogens is 943 g/mol. The minimum atomic E-state index is -1.75. The van der Waals surface area contributed by atoms with Crippen LogP contribution in [0.2, 0.25) is 0 Å². The van der Waals surface area contributed by atoms with Crippen molar-refractivity contribution in [1.82, 2.24) is 29.9 Å². The van der Waals surface area contributed by atoms with Crippen LogP contribution in [0.3, 0.4) is 0 Å². The number of benzene rings is 1. The Morgan fingerprint density at radius 1 is 0.353 bits per heavy atom. The van der Waals surface area contributed by atoms with E-state index in [0.29, 0.717) is 0 Å². The van der Waals surface area contributed by atoms with Crippen LogP contribution in [0.1, 0.15) is 5.56 Å². The van der Waals surface area contributed by atoms with Gasteiger partial charge >= 0.3 is 84.1 Å². The summed E-state index contributed by atoms with van der Waals surface area (Å²) in [5.41, 5.74) is 11.8. The van der Waals surface area contributed by atoms with Gasteiger partial charge in [-0.25, -0.2) is 9.97 Å². The Morgan fingerprint density at radius 3 is 0.843 bits per heavy atom. The van der Waals surface area contributed by atoms with Crippen molar-refractivity contribution < 1.29 is 26.0 Å². The Hall–Kier alpha value is -2.89. The zero-order valence-corrected chi connectivity index (χ0v) is 34.4. The summed E-state index contributed by atoms with van der Waals surface area (Å²) in [6.45, 7) is 2.12.